The van der Waals surface area contributed by atoms with Gasteiger partial charge in [0.25, 0.3) is 0 Å². The molecule has 0 bridgehead atoms. The minimum atomic E-state index is -3.66. The van der Waals surface area contributed by atoms with E-state index in [2.05, 4.69) is 25.9 Å². The highest BCUT2D eigenvalue weighted by Gasteiger charge is 2.36. The van der Waals surface area contributed by atoms with Gasteiger partial charge in [-0.15, -0.1) is 0 Å². The molecule has 9 heteroatoms. The summed E-state index contributed by atoms with van der Waals surface area (Å²) < 4.78 is 25.0. The number of carbonyl (C=O) groups excluding carboxylic acids is 1. The van der Waals surface area contributed by atoms with Crippen molar-refractivity contribution in [1.29, 1.82) is 0 Å². The Morgan fingerprint density at radius 3 is 2.41 bits per heavy atom. The molecule has 0 N–H and O–H groups in total. The summed E-state index contributed by atoms with van der Waals surface area (Å²) in [6, 6.07) is 20.5. The second-order valence-corrected chi connectivity index (χ2v) is 10.2. The van der Waals surface area contributed by atoms with Crippen LogP contribution < -0.4 is 9.80 Å². The number of rotatable bonds is 3. The molecule has 1 aromatic heterocycles. The van der Waals surface area contributed by atoms with Crippen molar-refractivity contribution in [2.45, 2.75) is 11.7 Å². The molecule has 0 spiro atoms. The van der Waals surface area contributed by atoms with Crippen molar-refractivity contribution < 1.29 is 13.2 Å². The summed E-state index contributed by atoms with van der Waals surface area (Å²) in [5, 5.41) is 1.49. The van der Waals surface area contributed by atoms with Crippen LogP contribution >= 0.6 is 15.9 Å². The smallest absolute Gasteiger partial charge is 0.288 e. The van der Waals surface area contributed by atoms with Gasteiger partial charge in [0.2, 0.25) is 15.0 Å². The van der Waals surface area contributed by atoms with Crippen LogP contribution in [0.3, 0.4) is 0 Å². The van der Waals surface area contributed by atoms with Crippen LogP contribution in [0.15, 0.2) is 82.6 Å². The predicted octanol–water partition coefficient (Wildman–Crippen LogP) is 5.07. The second-order valence-electron chi connectivity index (χ2n) is 7.43. The molecule has 0 aliphatic carbocycles. The molecular weight excluding hydrogens is 492 g/mol. The van der Waals surface area contributed by atoms with E-state index >= 15 is 0 Å². The van der Waals surface area contributed by atoms with Gasteiger partial charge in [0.15, 0.2) is 5.82 Å². The summed E-state index contributed by atoms with van der Waals surface area (Å²) in [4.78, 5) is 25.3. The largest absolute Gasteiger partial charge is 0.335 e. The van der Waals surface area contributed by atoms with E-state index in [4.69, 9.17) is 0 Å². The van der Waals surface area contributed by atoms with Gasteiger partial charge in [-0.25, -0.2) is 23.1 Å². The Kier molecular flexibility index (Phi) is 4.94. The lowest BCUT2D eigenvalue weighted by Gasteiger charge is -2.36. The number of aromatic nitrogens is 2. The van der Waals surface area contributed by atoms with Crippen molar-refractivity contribution in [3.63, 3.8) is 0 Å². The van der Waals surface area contributed by atoms with Crippen molar-refractivity contribution in [2.75, 3.05) is 16.1 Å². The van der Waals surface area contributed by atoms with Crippen LogP contribution in [0.25, 0.3) is 10.8 Å². The van der Waals surface area contributed by atoms with E-state index in [1.807, 2.05) is 66.7 Å². The number of halogens is 1. The zero-order valence-electron chi connectivity index (χ0n) is 16.9. The van der Waals surface area contributed by atoms with Crippen molar-refractivity contribution in [3.8, 4) is 0 Å². The number of para-hydroxylation sites is 1. The third-order valence-electron chi connectivity index (χ3n) is 5.26. The summed E-state index contributed by atoms with van der Waals surface area (Å²) in [6.45, 7) is 0.210. The molecule has 160 valence electrons. The fourth-order valence-corrected chi connectivity index (χ4v) is 4.79. The van der Waals surface area contributed by atoms with Gasteiger partial charge in [0.1, 0.15) is 0 Å². The SMILES string of the molecule is CS(=O)(=O)c1ncc2c(n1)N(c1cccc3ccccc13)C(=O)N(c1ccccc1Br)C2. The quantitative estimate of drug-likeness (QED) is 0.360. The number of hydrogen-bond acceptors (Lipinski definition) is 5. The standard InChI is InChI=1S/C23H17BrN4O3S/c1-32(30,31)22-25-13-16-14-27(20-11-5-4-10-18(20)24)23(29)28(21(16)26-22)19-12-6-8-15-7-2-3-9-17(15)19/h2-13H,14H2,1H3. The molecule has 7 nitrogen and oxygen atoms in total. The molecule has 2 heterocycles. The van der Waals surface area contributed by atoms with Gasteiger partial charge in [-0.3, -0.25) is 4.90 Å². The second kappa shape index (κ2) is 7.68. The minimum Gasteiger partial charge on any atom is -0.288 e. The zero-order chi connectivity index (χ0) is 22.5. The van der Waals surface area contributed by atoms with E-state index in [1.165, 1.54) is 11.1 Å². The first-order valence-electron chi connectivity index (χ1n) is 9.74. The maximum atomic E-state index is 13.9. The molecule has 3 aromatic carbocycles. The van der Waals surface area contributed by atoms with Crippen LogP contribution in [0.5, 0.6) is 0 Å². The fourth-order valence-electron chi connectivity index (χ4n) is 3.79. The first kappa shape index (κ1) is 20.6. The number of amides is 2. The van der Waals surface area contributed by atoms with E-state index in [0.29, 0.717) is 16.9 Å². The van der Waals surface area contributed by atoms with E-state index < -0.39 is 9.84 Å². The van der Waals surface area contributed by atoms with Gasteiger partial charge in [0.05, 0.1) is 17.9 Å². The van der Waals surface area contributed by atoms with Gasteiger partial charge in [0, 0.05) is 27.9 Å². The molecule has 0 atom stereocenters. The molecule has 0 fully saturated rings. The molecular formula is C23H17BrN4O3S. The van der Waals surface area contributed by atoms with Crippen LogP contribution in [-0.2, 0) is 16.4 Å². The number of urea groups is 1. The van der Waals surface area contributed by atoms with Crippen LogP contribution in [0.4, 0.5) is 22.0 Å². The van der Waals surface area contributed by atoms with Gasteiger partial charge >= 0.3 is 6.03 Å². The van der Waals surface area contributed by atoms with Crippen molar-refractivity contribution >= 4 is 59.8 Å². The average molecular weight is 509 g/mol. The number of sulfone groups is 1. The monoisotopic (exact) mass is 508 g/mol. The summed E-state index contributed by atoms with van der Waals surface area (Å²) in [6.07, 6.45) is 2.53. The maximum Gasteiger partial charge on any atom is 0.335 e. The summed E-state index contributed by atoms with van der Waals surface area (Å²) >= 11 is 3.53. The number of hydrogen-bond donors (Lipinski definition) is 0. The number of nitrogens with zero attached hydrogens (tertiary/aromatic N) is 4. The molecule has 0 radical (unpaired) electrons. The van der Waals surface area contributed by atoms with Crippen LogP contribution in [0, 0.1) is 0 Å². The van der Waals surface area contributed by atoms with Gasteiger partial charge in [-0.1, -0.05) is 48.5 Å². The van der Waals surface area contributed by atoms with Crippen LogP contribution in [0.2, 0.25) is 0 Å². The Hall–Kier alpha value is -3.30. The van der Waals surface area contributed by atoms with Crippen LogP contribution in [0.1, 0.15) is 5.56 Å². The number of anilines is 3. The predicted molar refractivity (Wildman–Crippen MR) is 127 cm³/mol. The third kappa shape index (κ3) is 3.43. The number of carbonyl (C=O) groups is 1. The highest BCUT2D eigenvalue weighted by Crippen LogP contribution is 2.40. The van der Waals surface area contributed by atoms with E-state index in [0.717, 1.165) is 21.5 Å². The first-order chi connectivity index (χ1) is 15.3. The number of fused-ring (bicyclic) bond motifs is 2. The lowest BCUT2D eigenvalue weighted by Crippen LogP contribution is -2.46. The summed E-state index contributed by atoms with van der Waals surface area (Å²) in [7, 11) is -3.66. The highest BCUT2D eigenvalue weighted by molar-refractivity contribution is 9.10. The Morgan fingerprint density at radius 2 is 1.62 bits per heavy atom. The topological polar surface area (TPSA) is 83.5 Å². The van der Waals surface area contributed by atoms with Gasteiger partial charge < -0.3 is 0 Å². The number of benzene rings is 3. The van der Waals surface area contributed by atoms with Crippen molar-refractivity contribution in [1.82, 2.24) is 9.97 Å². The van der Waals surface area contributed by atoms with Crippen LogP contribution in [-0.4, -0.2) is 30.7 Å². The lowest BCUT2D eigenvalue weighted by atomic mass is 10.1. The molecule has 4 aromatic rings. The Bertz CT molecular complexity index is 1480. The first-order valence-corrected chi connectivity index (χ1v) is 12.4. The van der Waals surface area contributed by atoms with Gasteiger partial charge in [-0.05, 0) is 39.5 Å². The summed E-state index contributed by atoms with van der Waals surface area (Å²) in [5.74, 6) is 0.269. The minimum absolute atomic E-state index is 0.210. The highest BCUT2D eigenvalue weighted by atomic mass is 79.9. The Morgan fingerprint density at radius 1 is 0.938 bits per heavy atom. The molecule has 0 saturated carbocycles. The molecule has 0 saturated heterocycles. The maximum absolute atomic E-state index is 13.9. The normalized spacial score (nSPS) is 14.0. The Balaban J connectivity index is 1.78. The summed E-state index contributed by atoms with van der Waals surface area (Å²) in [5.41, 5.74) is 1.95. The third-order valence-corrected chi connectivity index (χ3v) is 6.80. The van der Waals surface area contributed by atoms with E-state index in [9.17, 15) is 13.2 Å². The molecule has 0 unspecified atom stereocenters. The molecule has 1 aliphatic heterocycles. The zero-order valence-corrected chi connectivity index (χ0v) is 19.3. The molecule has 5 rings (SSSR count). The molecule has 2 amide bonds. The van der Waals surface area contributed by atoms with Crippen molar-refractivity contribution in [2.24, 2.45) is 0 Å². The average Bonchev–Trinajstić information content (AvgIpc) is 2.78. The molecule has 32 heavy (non-hydrogen) atoms. The molecule has 1 aliphatic rings. The fraction of sp³-hybridized carbons (Fsp3) is 0.0870. The lowest BCUT2D eigenvalue weighted by molar-refractivity contribution is 0.252. The van der Waals surface area contributed by atoms with E-state index in [1.54, 1.807) is 4.90 Å². The van der Waals surface area contributed by atoms with E-state index in [-0.39, 0.29) is 23.6 Å². The van der Waals surface area contributed by atoms with Gasteiger partial charge in [-0.2, -0.15) is 4.98 Å². The van der Waals surface area contributed by atoms with Crippen molar-refractivity contribution in [3.05, 3.63) is 83.0 Å². The Labute approximate surface area is 193 Å².